The molecule has 0 aromatic heterocycles. The van der Waals surface area contributed by atoms with E-state index in [4.69, 9.17) is 0 Å². The smallest absolute Gasteiger partial charge is 0.137 e. The van der Waals surface area contributed by atoms with E-state index in [1.165, 1.54) is 11.6 Å². The zero-order valence-electron chi connectivity index (χ0n) is 11.0. The third-order valence-electron chi connectivity index (χ3n) is 3.65. The van der Waals surface area contributed by atoms with Gasteiger partial charge in [-0.25, -0.2) is 4.39 Å². The highest BCUT2D eigenvalue weighted by atomic mass is 79.9. The molecule has 1 fully saturated rings. The van der Waals surface area contributed by atoms with Gasteiger partial charge < -0.3 is 10.2 Å². The first-order valence-electron chi connectivity index (χ1n) is 6.72. The van der Waals surface area contributed by atoms with Gasteiger partial charge in [0.05, 0.1) is 4.47 Å². The summed E-state index contributed by atoms with van der Waals surface area (Å²) in [5.41, 5.74) is 2.35. The summed E-state index contributed by atoms with van der Waals surface area (Å²) in [6, 6.07) is 15.9. The highest BCUT2D eigenvalue weighted by Crippen LogP contribution is 2.26. The molecule has 1 heterocycles. The Morgan fingerprint density at radius 2 is 1.95 bits per heavy atom. The Morgan fingerprint density at radius 1 is 1.15 bits per heavy atom. The highest BCUT2D eigenvalue weighted by molar-refractivity contribution is 9.10. The van der Waals surface area contributed by atoms with Gasteiger partial charge in [-0.2, -0.15) is 0 Å². The van der Waals surface area contributed by atoms with Crippen molar-refractivity contribution in [1.82, 2.24) is 5.32 Å². The van der Waals surface area contributed by atoms with Crippen molar-refractivity contribution in [3.05, 3.63) is 64.4 Å². The molecule has 1 aliphatic heterocycles. The molecule has 0 amide bonds. The van der Waals surface area contributed by atoms with Gasteiger partial charge in [-0.1, -0.05) is 30.3 Å². The monoisotopic (exact) mass is 334 g/mol. The van der Waals surface area contributed by atoms with Crippen LogP contribution < -0.4 is 10.2 Å². The Balaban J connectivity index is 1.79. The number of hydrogen-bond donors (Lipinski definition) is 1. The Hall–Kier alpha value is -1.39. The van der Waals surface area contributed by atoms with Gasteiger partial charge in [-0.15, -0.1) is 0 Å². The van der Waals surface area contributed by atoms with Gasteiger partial charge in [0.25, 0.3) is 0 Å². The minimum atomic E-state index is -0.219. The van der Waals surface area contributed by atoms with Crippen molar-refractivity contribution in [1.29, 1.82) is 0 Å². The lowest BCUT2D eigenvalue weighted by Crippen LogP contribution is -2.45. The SMILES string of the molecule is Fc1ccc(N2CCNC(c3ccccc3)C2)cc1Br. The summed E-state index contributed by atoms with van der Waals surface area (Å²) in [7, 11) is 0. The lowest BCUT2D eigenvalue weighted by Gasteiger charge is -2.35. The van der Waals surface area contributed by atoms with E-state index in [2.05, 4.69) is 50.4 Å². The zero-order chi connectivity index (χ0) is 13.9. The van der Waals surface area contributed by atoms with Crippen LogP contribution >= 0.6 is 15.9 Å². The van der Waals surface area contributed by atoms with Gasteiger partial charge >= 0.3 is 0 Å². The fraction of sp³-hybridized carbons (Fsp3) is 0.250. The summed E-state index contributed by atoms with van der Waals surface area (Å²) < 4.78 is 13.8. The second-order valence-electron chi connectivity index (χ2n) is 4.96. The number of benzene rings is 2. The fourth-order valence-corrected chi connectivity index (χ4v) is 2.94. The molecule has 0 aliphatic carbocycles. The number of nitrogens with zero attached hydrogens (tertiary/aromatic N) is 1. The van der Waals surface area contributed by atoms with E-state index in [0.717, 1.165) is 25.3 Å². The summed E-state index contributed by atoms with van der Waals surface area (Å²) in [6.45, 7) is 2.75. The maximum atomic E-state index is 13.3. The number of anilines is 1. The summed E-state index contributed by atoms with van der Waals surface area (Å²) in [4.78, 5) is 2.29. The molecule has 4 heteroatoms. The van der Waals surface area contributed by atoms with Crippen molar-refractivity contribution in [3.63, 3.8) is 0 Å². The van der Waals surface area contributed by atoms with Crippen LogP contribution in [-0.4, -0.2) is 19.6 Å². The number of piperazine rings is 1. The first-order valence-corrected chi connectivity index (χ1v) is 7.51. The van der Waals surface area contributed by atoms with E-state index in [-0.39, 0.29) is 5.82 Å². The summed E-state index contributed by atoms with van der Waals surface area (Å²) in [5, 5.41) is 3.53. The lowest BCUT2D eigenvalue weighted by molar-refractivity contribution is 0.472. The molecule has 104 valence electrons. The third kappa shape index (κ3) is 2.86. The maximum absolute atomic E-state index is 13.3. The summed E-state index contributed by atoms with van der Waals surface area (Å²) in [6.07, 6.45) is 0. The molecular formula is C16H16BrFN2. The van der Waals surface area contributed by atoms with E-state index in [9.17, 15) is 4.39 Å². The van der Waals surface area contributed by atoms with Crippen LogP contribution in [0, 0.1) is 5.82 Å². The van der Waals surface area contributed by atoms with Crippen LogP contribution in [0.25, 0.3) is 0 Å². The molecule has 0 spiro atoms. The molecule has 3 rings (SSSR count). The number of nitrogens with one attached hydrogen (secondary N) is 1. The van der Waals surface area contributed by atoms with Crippen molar-refractivity contribution >= 4 is 21.6 Å². The minimum absolute atomic E-state index is 0.219. The minimum Gasteiger partial charge on any atom is -0.368 e. The molecule has 2 nitrogen and oxygen atoms in total. The molecule has 2 aromatic carbocycles. The van der Waals surface area contributed by atoms with Gasteiger partial charge in [0.2, 0.25) is 0 Å². The Labute approximate surface area is 126 Å². The number of rotatable bonds is 2. The highest BCUT2D eigenvalue weighted by Gasteiger charge is 2.21. The lowest BCUT2D eigenvalue weighted by atomic mass is 10.0. The molecule has 1 unspecified atom stereocenters. The maximum Gasteiger partial charge on any atom is 0.137 e. The second-order valence-corrected chi connectivity index (χ2v) is 5.82. The van der Waals surface area contributed by atoms with Gasteiger partial charge in [0.15, 0.2) is 0 Å². The van der Waals surface area contributed by atoms with E-state index in [1.54, 1.807) is 0 Å². The Bertz CT molecular complexity index is 588. The van der Waals surface area contributed by atoms with Crippen LogP contribution in [0.3, 0.4) is 0 Å². The van der Waals surface area contributed by atoms with Crippen molar-refractivity contribution in [2.24, 2.45) is 0 Å². The predicted octanol–water partition coefficient (Wildman–Crippen LogP) is 3.74. The van der Waals surface area contributed by atoms with Gasteiger partial charge in [0, 0.05) is 31.4 Å². The van der Waals surface area contributed by atoms with Gasteiger partial charge in [-0.05, 0) is 39.7 Å². The molecule has 1 atom stereocenters. The molecule has 1 N–H and O–H groups in total. The Morgan fingerprint density at radius 3 is 2.70 bits per heavy atom. The zero-order valence-corrected chi connectivity index (χ0v) is 12.6. The topological polar surface area (TPSA) is 15.3 Å². The van der Waals surface area contributed by atoms with Crippen LogP contribution in [0.1, 0.15) is 11.6 Å². The number of halogens is 2. The standard InChI is InChI=1S/C16H16BrFN2/c17-14-10-13(6-7-15(14)18)20-9-8-19-16(11-20)12-4-2-1-3-5-12/h1-7,10,16,19H,8-9,11H2. The predicted molar refractivity (Wildman–Crippen MR) is 83.5 cm³/mol. The summed E-state index contributed by atoms with van der Waals surface area (Å²) in [5.74, 6) is -0.219. The van der Waals surface area contributed by atoms with Crippen molar-refractivity contribution in [3.8, 4) is 0 Å². The first kappa shape index (κ1) is 13.6. The molecule has 0 saturated carbocycles. The molecule has 0 bridgehead atoms. The molecule has 20 heavy (non-hydrogen) atoms. The number of hydrogen-bond acceptors (Lipinski definition) is 2. The van der Waals surface area contributed by atoms with Gasteiger partial charge in [-0.3, -0.25) is 0 Å². The van der Waals surface area contributed by atoms with E-state index in [1.807, 2.05) is 18.2 Å². The third-order valence-corrected chi connectivity index (χ3v) is 4.25. The molecular weight excluding hydrogens is 319 g/mol. The van der Waals surface area contributed by atoms with Crippen LogP contribution in [0.2, 0.25) is 0 Å². The Kier molecular flexibility index (Phi) is 4.03. The quantitative estimate of drug-likeness (QED) is 0.899. The van der Waals surface area contributed by atoms with Crippen molar-refractivity contribution in [2.75, 3.05) is 24.5 Å². The fourth-order valence-electron chi connectivity index (χ4n) is 2.57. The van der Waals surface area contributed by atoms with Crippen LogP contribution in [-0.2, 0) is 0 Å². The average molecular weight is 335 g/mol. The molecule has 1 aliphatic rings. The molecule has 2 aromatic rings. The average Bonchev–Trinajstić information content (AvgIpc) is 2.51. The van der Waals surface area contributed by atoms with E-state index < -0.39 is 0 Å². The molecule has 1 saturated heterocycles. The normalized spacial score (nSPS) is 19.1. The first-order chi connectivity index (χ1) is 9.74. The summed E-state index contributed by atoms with van der Waals surface area (Å²) >= 11 is 3.26. The van der Waals surface area contributed by atoms with E-state index in [0.29, 0.717) is 10.5 Å². The second kappa shape index (κ2) is 5.94. The van der Waals surface area contributed by atoms with Crippen molar-refractivity contribution in [2.45, 2.75) is 6.04 Å². The molecule has 0 radical (unpaired) electrons. The van der Waals surface area contributed by atoms with Crippen LogP contribution in [0.5, 0.6) is 0 Å². The van der Waals surface area contributed by atoms with Crippen molar-refractivity contribution < 1.29 is 4.39 Å². The largest absolute Gasteiger partial charge is 0.368 e. The van der Waals surface area contributed by atoms with Gasteiger partial charge in [0.1, 0.15) is 5.82 Å². The van der Waals surface area contributed by atoms with E-state index >= 15 is 0 Å². The van der Waals surface area contributed by atoms with Crippen LogP contribution in [0.4, 0.5) is 10.1 Å². The van der Waals surface area contributed by atoms with Crippen LogP contribution in [0.15, 0.2) is 53.0 Å².